The minimum atomic E-state index is -0.840. The van der Waals surface area contributed by atoms with Crippen LogP contribution in [0.25, 0.3) is 0 Å². The summed E-state index contributed by atoms with van der Waals surface area (Å²) in [4.78, 5) is 11.1. The molecule has 0 heterocycles. The highest BCUT2D eigenvalue weighted by molar-refractivity contribution is 14.1. The number of rotatable bonds is 6. The van der Waals surface area contributed by atoms with Gasteiger partial charge in [0.05, 0.1) is 10.7 Å². The van der Waals surface area contributed by atoms with Crippen LogP contribution in [0.3, 0.4) is 0 Å². The fourth-order valence-electron chi connectivity index (χ4n) is 1.46. The molecule has 0 aliphatic heterocycles. The second kappa shape index (κ2) is 7.06. The fraction of sp³-hybridized carbons (Fsp3) is 0.417. The Balaban J connectivity index is 2.75. The minimum absolute atomic E-state index is 0.555. The summed E-state index contributed by atoms with van der Waals surface area (Å²) in [7, 11) is 0. The van der Waals surface area contributed by atoms with Gasteiger partial charge in [-0.1, -0.05) is 31.4 Å². The van der Waals surface area contributed by atoms with E-state index in [2.05, 4.69) is 27.9 Å². The number of carbonyl (C=O) groups is 1. The van der Waals surface area contributed by atoms with Crippen LogP contribution in [0.1, 0.15) is 26.2 Å². The van der Waals surface area contributed by atoms with Gasteiger partial charge in [-0.3, -0.25) is 0 Å². The van der Waals surface area contributed by atoms with E-state index in [0.717, 1.165) is 16.4 Å². The highest BCUT2D eigenvalue weighted by Crippen LogP contribution is 2.25. The van der Waals surface area contributed by atoms with Crippen molar-refractivity contribution in [2.45, 2.75) is 32.2 Å². The van der Waals surface area contributed by atoms with Gasteiger partial charge in [0.2, 0.25) is 0 Å². The summed E-state index contributed by atoms with van der Waals surface area (Å²) in [5, 5.41) is 12.6. The van der Waals surface area contributed by atoms with Gasteiger partial charge in [0, 0.05) is 3.57 Å². The summed E-state index contributed by atoms with van der Waals surface area (Å²) in [6.07, 6.45) is 2.46. The lowest BCUT2D eigenvalue weighted by atomic mass is 10.1. The second-order valence-corrected chi connectivity index (χ2v) is 5.45. The molecule has 1 aromatic rings. The lowest BCUT2D eigenvalue weighted by Crippen LogP contribution is -2.29. The number of nitrogens with one attached hydrogen (secondary N) is 1. The molecule has 1 aromatic carbocycles. The molecule has 0 aliphatic rings. The quantitative estimate of drug-likeness (QED) is 0.747. The second-order valence-electron chi connectivity index (χ2n) is 3.80. The fourth-order valence-corrected chi connectivity index (χ4v) is 2.37. The average molecular weight is 368 g/mol. The summed E-state index contributed by atoms with van der Waals surface area (Å²) >= 11 is 8.22. The van der Waals surface area contributed by atoms with Crippen molar-refractivity contribution in [2.24, 2.45) is 0 Å². The van der Waals surface area contributed by atoms with Crippen molar-refractivity contribution < 1.29 is 9.90 Å². The molecule has 0 aliphatic carbocycles. The third-order valence-corrected chi connectivity index (χ3v) is 3.39. The summed E-state index contributed by atoms with van der Waals surface area (Å²) in [6.45, 7) is 2.04. The Morgan fingerprint density at radius 1 is 1.59 bits per heavy atom. The lowest BCUT2D eigenvalue weighted by molar-refractivity contribution is -0.138. The molecule has 0 radical (unpaired) electrons. The maximum Gasteiger partial charge on any atom is 0.326 e. The molecule has 17 heavy (non-hydrogen) atoms. The predicted molar refractivity (Wildman–Crippen MR) is 78.7 cm³/mol. The number of carboxylic acid groups (broad SMARTS) is 1. The van der Waals surface area contributed by atoms with E-state index >= 15 is 0 Å². The third-order valence-electron chi connectivity index (χ3n) is 2.41. The molecule has 1 rings (SSSR count). The SMILES string of the molecule is CCCCC(Nc1ccc(I)cc1Cl)C(=O)O. The van der Waals surface area contributed by atoms with Crippen molar-refractivity contribution >= 4 is 45.8 Å². The standard InChI is InChI=1S/C12H15ClINO2/c1-2-3-4-11(12(16)17)15-10-6-5-8(14)7-9(10)13/h5-7,11,15H,2-4H2,1H3,(H,16,17). The normalized spacial score (nSPS) is 12.2. The number of hydrogen-bond acceptors (Lipinski definition) is 2. The first-order valence-corrected chi connectivity index (χ1v) is 6.94. The number of halogens is 2. The number of aliphatic carboxylic acids is 1. The van der Waals surface area contributed by atoms with E-state index < -0.39 is 12.0 Å². The molecular formula is C12H15ClINO2. The Bertz CT molecular complexity index is 398. The molecule has 0 bridgehead atoms. The van der Waals surface area contributed by atoms with Crippen molar-refractivity contribution in [1.82, 2.24) is 0 Å². The molecule has 0 saturated heterocycles. The predicted octanol–water partition coefficient (Wildman–Crippen LogP) is 4.00. The van der Waals surface area contributed by atoms with Gasteiger partial charge in [-0.15, -0.1) is 0 Å². The van der Waals surface area contributed by atoms with Crippen LogP contribution in [0.4, 0.5) is 5.69 Å². The van der Waals surface area contributed by atoms with E-state index in [4.69, 9.17) is 16.7 Å². The summed E-state index contributed by atoms with van der Waals surface area (Å²) in [5.41, 5.74) is 0.676. The smallest absolute Gasteiger partial charge is 0.326 e. The Kier molecular flexibility index (Phi) is 6.05. The van der Waals surface area contributed by atoms with Crippen LogP contribution in [0.15, 0.2) is 18.2 Å². The largest absolute Gasteiger partial charge is 0.480 e. The number of unbranched alkanes of at least 4 members (excludes halogenated alkanes) is 1. The molecule has 3 nitrogen and oxygen atoms in total. The van der Waals surface area contributed by atoms with Crippen LogP contribution < -0.4 is 5.32 Å². The van der Waals surface area contributed by atoms with Crippen molar-refractivity contribution in [3.8, 4) is 0 Å². The first-order chi connectivity index (χ1) is 8.04. The van der Waals surface area contributed by atoms with E-state index in [1.54, 1.807) is 0 Å². The third kappa shape index (κ3) is 4.71. The number of anilines is 1. The Morgan fingerprint density at radius 2 is 2.29 bits per heavy atom. The van der Waals surface area contributed by atoms with Crippen molar-refractivity contribution in [2.75, 3.05) is 5.32 Å². The van der Waals surface area contributed by atoms with Gasteiger partial charge >= 0.3 is 5.97 Å². The first-order valence-electron chi connectivity index (χ1n) is 5.49. The molecule has 0 spiro atoms. The van der Waals surface area contributed by atoms with Crippen LogP contribution in [-0.2, 0) is 4.79 Å². The zero-order valence-electron chi connectivity index (χ0n) is 9.54. The van der Waals surface area contributed by atoms with Gasteiger partial charge in [-0.2, -0.15) is 0 Å². The van der Waals surface area contributed by atoms with E-state index in [9.17, 15) is 4.79 Å². The molecule has 5 heteroatoms. The van der Waals surface area contributed by atoms with E-state index in [1.165, 1.54) is 0 Å². The van der Waals surface area contributed by atoms with Gasteiger partial charge in [-0.05, 0) is 47.2 Å². The number of benzene rings is 1. The Labute approximate surface area is 120 Å². The average Bonchev–Trinajstić information content (AvgIpc) is 2.26. The summed E-state index contributed by atoms with van der Waals surface area (Å²) < 4.78 is 1.03. The summed E-state index contributed by atoms with van der Waals surface area (Å²) in [6, 6.07) is 4.94. The molecular weight excluding hydrogens is 352 g/mol. The van der Waals surface area contributed by atoms with Gasteiger partial charge in [0.15, 0.2) is 0 Å². The van der Waals surface area contributed by atoms with Gasteiger partial charge < -0.3 is 10.4 Å². The van der Waals surface area contributed by atoms with Crippen molar-refractivity contribution in [3.05, 3.63) is 26.8 Å². The molecule has 0 amide bonds. The van der Waals surface area contributed by atoms with Gasteiger partial charge in [-0.25, -0.2) is 4.79 Å². The molecule has 0 fully saturated rings. The molecule has 2 N–H and O–H groups in total. The summed E-state index contributed by atoms with van der Waals surface area (Å²) in [5.74, 6) is -0.840. The van der Waals surface area contributed by atoms with Gasteiger partial charge in [0.25, 0.3) is 0 Å². The maximum atomic E-state index is 11.1. The molecule has 1 atom stereocenters. The van der Waals surface area contributed by atoms with Crippen LogP contribution in [0.5, 0.6) is 0 Å². The van der Waals surface area contributed by atoms with E-state index in [1.807, 2.05) is 25.1 Å². The maximum absolute atomic E-state index is 11.1. The van der Waals surface area contributed by atoms with Crippen molar-refractivity contribution in [3.63, 3.8) is 0 Å². The molecule has 0 saturated carbocycles. The Hall–Kier alpha value is -0.490. The topological polar surface area (TPSA) is 49.3 Å². The van der Waals surface area contributed by atoms with Crippen LogP contribution >= 0.6 is 34.2 Å². The number of hydrogen-bond donors (Lipinski definition) is 2. The first kappa shape index (κ1) is 14.6. The molecule has 94 valence electrons. The minimum Gasteiger partial charge on any atom is -0.480 e. The Morgan fingerprint density at radius 3 is 2.82 bits per heavy atom. The zero-order valence-corrected chi connectivity index (χ0v) is 12.5. The van der Waals surface area contributed by atoms with Crippen LogP contribution in [0.2, 0.25) is 5.02 Å². The molecule has 0 aromatic heterocycles. The van der Waals surface area contributed by atoms with Gasteiger partial charge in [0.1, 0.15) is 6.04 Å². The van der Waals surface area contributed by atoms with E-state index in [0.29, 0.717) is 17.1 Å². The van der Waals surface area contributed by atoms with Crippen LogP contribution in [0, 0.1) is 3.57 Å². The van der Waals surface area contributed by atoms with Crippen molar-refractivity contribution in [1.29, 1.82) is 0 Å². The zero-order chi connectivity index (χ0) is 12.8. The molecule has 1 unspecified atom stereocenters. The lowest BCUT2D eigenvalue weighted by Gasteiger charge is -2.16. The highest BCUT2D eigenvalue weighted by Gasteiger charge is 2.17. The van der Waals surface area contributed by atoms with E-state index in [-0.39, 0.29) is 0 Å². The number of carboxylic acids is 1. The monoisotopic (exact) mass is 367 g/mol. The highest BCUT2D eigenvalue weighted by atomic mass is 127. The van der Waals surface area contributed by atoms with Crippen LogP contribution in [-0.4, -0.2) is 17.1 Å².